The molecule has 0 amide bonds. The number of unbranched alkanes of at least 4 members (excludes halogenated alkanes) is 7. The van der Waals surface area contributed by atoms with Crippen LogP contribution in [0.3, 0.4) is 0 Å². The van der Waals surface area contributed by atoms with E-state index in [4.69, 9.17) is 4.55 Å². The van der Waals surface area contributed by atoms with Crippen LogP contribution in [0.4, 0.5) is 0 Å². The van der Waals surface area contributed by atoms with Crippen molar-refractivity contribution in [3.63, 3.8) is 0 Å². The molecule has 5 nitrogen and oxygen atoms in total. The van der Waals surface area contributed by atoms with E-state index in [0.29, 0.717) is 6.42 Å². The topological polar surface area (TPSA) is 80.7 Å². The summed E-state index contributed by atoms with van der Waals surface area (Å²) >= 11 is 0. The molecule has 0 aromatic heterocycles. The Morgan fingerprint density at radius 1 is 1.00 bits per heavy atom. The van der Waals surface area contributed by atoms with Crippen LogP contribution in [-0.4, -0.2) is 60.4 Å². The van der Waals surface area contributed by atoms with Crippen LogP contribution in [0, 0.1) is 0 Å². The van der Waals surface area contributed by atoms with Crippen LogP contribution in [-0.2, 0) is 19.6 Å². The molecule has 1 N–H and O–H groups in total. The van der Waals surface area contributed by atoms with E-state index in [1.165, 1.54) is 25.7 Å². The maximum atomic E-state index is 11.5. The first-order chi connectivity index (χ1) is 9.43. The molecule has 0 aliphatic carbocycles. The van der Waals surface area contributed by atoms with Crippen molar-refractivity contribution in [2.45, 2.75) is 76.9 Å². The molecule has 0 aromatic carbocycles. The van der Waals surface area contributed by atoms with Gasteiger partial charge >= 0.3 is 5.97 Å². The number of hydrogen-bond acceptors (Lipinski definition) is 4. The van der Waals surface area contributed by atoms with Gasteiger partial charge in [-0.05, 0) is 13.3 Å². The summed E-state index contributed by atoms with van der Waals surface area (Å²) in [6.45, 7) is 3.89. The van der Waals surface area contributed by atoms with Crippen LogP contribution in [0.5, 0.6) is 0 Å². The summed E-state index contributed by atoms with van der Waals surface area (Å²) in [6, 6.07) is 0. The average molecular weight is 331 g/mol. The van der Waals surface area contributed by atoms with Gasteiger partial charge < -0.3 is 4.74 Å². The average Bonchev–Trinajstić information content (AvgIpc) is 2.35. The van der Waals surface area contributed by atoms with Crippen LogP contribution in [0.1, 0.15) is 71.6 Å². The Morgan fingerprint density at radius 3 is 1.90 bits per heavy atom. The summed E-state index contributed by atoms with van der Waals surface area (Å²) < 4.78 is 36.0. The molecule has 0 aliphatic rings. The van der Waals surface area contributed by atoms with Gasteiger partial charge in [-0.2, -0.15) is 8.42 Å². The number of carbonyl (C=O) groups excluding carboxylic acids is 1. The third kappa shape index (κ3) is 12.6. The van der Waals surface area contributed by atoms with Gasteiger partial charge in [0.2, 0.25) is 0 Å². The molecule has 0 fully saturated rings. The van der Waals surface area contributed by atoms with Crippen LogP contribution >= 0.6 is 0 Å². The fourth-order valence-electron chi connectivity index (χ4n) is 2.09. The molecule has 0 aromatic rings. The zero-order valence-corrected chi connectivity index (χ0v) is 16.5. The Labute approximate surface area is 151 Å². The van der Waals surface area contributed by atoms with E-state index in [2.05, 4.69) is 11.7 Å². The summed E-state index contributed by atoms with van der Waals surface area (Å²) in [6.07, 6.45) is 8.70. The molecule has 1 unspecified atom stereocenters. The van der Waals surface area contributed by atoms with Gasteiger partial charge in [0.15, 0.2) is 5.25 Å². The van der Waals surface area contributed by atoms with Crippen molar-refractivity contribution < 1.29 is 22.5 Å². The zero-order valence-electron chi connectivity index (χ0n) is 13.6. The molecular weight excluding hydrogens is 303 g/mol. The van der Waals surface area contributed by atoms with Crippen LogP contribution in [0.2, 0.25) is 0 Å². The Balaban J connectivity index is 0. The number of esters is 1. The van der Waals surface area contributed by atoms with Crippen molar-refractivity contribution in [2.24, 2.45) is 0 Å². The minimum Gasteiger partial charge on any atom is -0.465 e. The molecule has 0 heterocycles. The second kappa shape index (κ2) is 14.0. The van der Waals surface area contributed by atoms with Gasteiger partial charge in [-0.15, -0.1) is 0 Å². The number of rotatable bonds is 12. The standard InChI is InChI=1S/C14H28O5S.Na/c1-3-5-6-7-8-9-10-11-12-13(20(16,17)18)14(15)19-4-2;/h13H,3-12H2,1-2H3,(H,16,17,18);. The Morgan fingerprint density at radius 2 is 1.48 bits per heavy atom. The Kier molecular flexibility index (Phi) is 15.8. The summed E-state index contributed by atoms with van der Waals surface area (Å²) in [5.41, 5.74) is 0. The molecule has 1 radical (unpaired) electrons. The summed E-state index contributed by atoms with van der Waals surface area (Å²) in [5, 5.41) is -1.43. The molecule has 1 atom stereocenters. The summed E-state index contributed by atoms with van der Waals surface area (Å²) in [7, 11) is -4.37. The van der Waals surface area contributed by atoms with Gasteiger partial charge in [-0.25, -0.2) is 0 Å². The molecule has 0 spiro atoms. The molecule has 0 aliphatic heterocycles. The van der Waals surface area contributed by atoms with Crippen molar-refractivity contribution in [1.82, 2.24) is 0 Å². The van der Waals surface area contributed by atoms with Crippen molar-refractivity contribution in [2.75, 3.05) is 6.61 Å². The van der Waals surface area contributed by atoms with E-state index in [0.717, 1.165) is 19.3 Å². The fourth-order valence-corrected chi connectivity index (χ4v) is 2.86. The molecule has 7 heteroatoms. The molecule has 121 valence electrons. The monoisotopic (exact) mass is 331 g/mol. The number of hydrogen-bond donors (Lipinski definition) is 1. The molecule has 21 heavy (non-hydrogen) atoms. The van der Waals surface area contributed by atoms with Crippen molar-refractivity contribution >= 4 is 45.6 Å². The summed E-state index contributed by atoms with van der Waals surface area (Å²) in [5.74, 6) is -0.849. The smallest absolute Gasteiger partial charge is 0.326 e. The van der Waals surface area contributed by atoms with E-state index in [1.807, 2.05) is 0 Å². The van der Waals surface area contributed by atoms with E-state index in [1.54, 1.807) is 6.92 Å². The van der Waals surface area contributed by atoms with Crippen LogP contribution < -0.4 is 0 Å². The van der Waals surface area contributed by atoms with E-state index in [9.17, 15) is 13.2 Å². The van der Waals surface area contributed by atoms with E-state index >= 15 is 0 Å². The predicted octanol–water partition coefficient (Wildman–Crippen LogP) is 2.96. The maximum Gasteiger partial charge on any atom is 0.326 e. The zero-order chi connectivity index (χ0) is 15.4. The minimum atomic E-state index is -4.37. The molecule has 0 saturated carbocycles. The third-order valence-corrected chi connectivity index (χ3v) is 4.38. The second-order valence-corrected chi connectivity index (χ2v) is 6.62. The van der Waals surface area contributed by atoms with Gasteiger partial charge in [0.05, 0.1) is 6.61 Å². The van der Waals surface area contributed by atoms with Crippen LogP contribution in [0.25, 0.3) is 0 Å². The van der Waals surface area contributed by atoms with Gasteiger partial charge in [0.1, 0.15) is 0 Å². The van der Waals surface area contributed by atoms with Crippen LogP contribution in [0.15, 0.2) is 0 Å². The number of carbonyl (C=O) groups is 1. The van der Waals surface area contributed by atoms with Gasteiger partial charge in [-0.1, -0.05) is 58.3 Å². The first-order valence-electron chi connectivity index (χ1n) is 7.56. The first-order valence-corrected chi connectivity index (χ1v) is 9.06. The van der Waals surface area contributed by atoms with Gasteiger partial charge in [0, 0.05) is 29.6 Å². The first kappa shape index (κ1) is 23.6. The summed E-state index contributed by atoms with van der Waals surface area (Å²) in [4.78, 5) is 11.5. The maximum absolute atomic E-state index is 11.5. The molecule has 0 bridgehead atoms. The van der Waals surface area contributed by atoms with Crippen molar-refractivity contribution in [1.29, 1.82) is 0 Å². The van der Waals surface area contributed by atoms with Crippen molar-refractivity contribution in [3.8, 4) is 0 Å². The molecule has 0 rings (SSSR count). The quantitative estimate of drug-likeness (QED) is 0.257. The normalized spacial score (nSPS) is 12.5. The SMILES string of the molecule is CCCCCCCCCCC(C(=O)OCC)S(=O)(=O)O.[Na]. The molecule has 0 saturated heterocycles. The molecular formula is C14H28NaO5S. The van der Waals surface area contributed by atoms with Gasteiger partial charge in [-0.3, -0.25) is 9.35 Å². The number of ether oxygens (including phenoxy) is 1. The third-order valence-electron chi connectivity index (χ3n) is 3.23. The fraction of sp³-hybridized carbons (Fsp3) is 0.929. The van der Waals surface area contributed by atoms with Crippen molar-refractivity contribution in [3.05, 3.63) is 0 Å². The van der Waals surface area contributed by atoms with Gasteiger partial charge in [0.25, 0.3) is 10.1 Å². The largest absolute Gasteiger partial charge is 0.465 e. The second-order valence-electron chi connectivity index (χ2n) is 5.02. The Hall–Kier alpha value is 0.380. The van der Waals surface area contributed by atoms with E-state index in [-0.39, 0.29) is 42.6 Å². The predicted molar refractivity (Wildman–Crippen MR) is 85.0 cm³/mol. The Bertz CT molecular complexity index is 356. The minimum absolute atomic E-state index is 0. The van der Waals surface area contributed by atoms with E-state index < -0.39 is 21.3 Å².